The molecule has 3 N–H and O–H groups in total. The molecule has 3 aromatic rings. The van der Waals surface area contributed by atoms with E-state index in [4.69, 9.17) is 10.7 Å². The Morgan fingerprint density at radius 3 is 2.76 bits per heavy atom. The average molecular weight is 389 g/mol. The van der Waals surface area contributed by atoms with Crippen LogP contribution >= 0.6 is 0 Å². The second kappa shape index (κ2) is 7.48. The van der Waals surface area contributed by atoms with Crippen molar-refractivity contribution in [3.63, 3.8) is 0 Å². The zero-order valence-electron chi connectivity index (χ0n) is 16.7. The highest BCUT2D eigenvalue weighted by atomic mass is 15.4. The summed E-state index contributed by atoms with van der Waals surface area (Å²) in [7, 11) is 0. The molecule has 4 rings (SSSR count). The predicted octanol–water partition coefficient (Wildman–Crippen LogP) is 1.59. The highest BCUT2D eigenvalue weighted by Crippen LogP contribution is 2.27. The van der Waals surface area contributed by atoms with Crippen molar-refractivity contribution in [3.8, 4) is 23.4 Å². The van der Waals surface area contributed by atoms with E-state index in [0.717, 1.165) is 36.8 Å². The first-order valence-corrected chi connectivity index (χ1v) is 9.54. The number of nitriles is 1. The molecule has 1 atom stereocenters. The van der Waals surface area contributed by atoms with Crippen molar-refractivity contribution >= 4 is 11.6 Å². The standard InChI is InChI=1S/C20H23N9/c1-12-9-13(2)29(27-12)20-25-18(15(10-21)19(22)26-20)16-5-4-6-17(24-16)28-8-7-23-11-14(28)3/h4-6,9,14,23H,7-8,11H2,1-3H3,(H2,22,25,26)/t14-/m0/s1. The maximum atomic E-state index is 9.66. The van der Waals surface area contributed by atoms with Crippen LogP contribution in [-0.4, -0.2) is 50.4 Å². The second-order valence-electron chi connectivity index (χ2n) is 7.21. The maximum absolute atomic E-state index is 9.66. The summed E-state index contributed by atoms with van der Waals surface area (Å²) >= 11 is 0. The Kier molecular flexibility index (Phi) is 4.86. The van der Waals surface area contributed by atoms with Crippen LogP contribution in [0.4, 0.5) is 11.6 Å². The van der Waals surface area contributed by atoms with Crippen molar-refractivity contribution in [2.75, 3.05) is 30.3 Å². The number of aromatic nitrogens is 5. The number of hydrogen-bond acceptors (Lipinski definition) is 8. The molecule has 1 aliphatic heterocycles. The molecule has 148 valence electrons. The summed E-state index contributed by atoms with van der Waals surface area (Å²) in [6.45, 7) is 8.65. The van der Waals surface area contributed by atoms with Crippen LogP contribution in [0.25, 0.3) is 17.3 Å². The molecule has 0 aromatic carbocycles. The number of anilines is 2. The van der Waals surface area contributed by atoms with Crippen molar-refractivity contribution in [1.29, 1.82) is 5.26 Å². The molecule has 9 heteroatoms. The molecule has 3 aromatic heterocycles. The van der Waals surface area contributed by atoms with Crippen molar-refractivity contribution in [1.82, 2.24) is 30.0 Å². The quantitative estimate of drug-likeness (QED) is 0.693. The first-order chi connectivity index (χ1) is 14.0. The summed E-state index contributed by atoms with van der Waals surface area (Å²) in [6.07, 6.45) is 0. The molecule has 9 nitrogen and oxygen atoms in total. The minimum Gasteiger partial charge on any atom is -0.382 e. The van der Waals surface area contributed by atoms with E-state index in [1.54, 1.807) is 4.68 Å². The highest BCUT2D eigenvalue weighted by Gasteiger charge is 2.22. The maximum Gasteiger partial charge on any atom is 0.253 e. The minimum atomic E-state index is 0.114. The lowest BCUT2D eigenvalue weighted by Crippen LogP contribution is -2.50. The van der Waals surface area contributed by atoms with Crippen molar-refractivity contribution in [2.45, 2.75) is 26.8 Å². The summed E-state index contributed by atoms with van der Waals surface area (Å²) in [5, 5.41) is 17.5. The second-order valence-corrected chi connectivity index (χ2v) is 7.21. The summed E-state index contributed by atoms with van der Waals surface area (Å²) < 4.78 is 1.62. The van der Waals surface area contributed by atoms with Gasteiger partial charge in [-0.15, -0.1) is 0 Å². The Morgan fingerprint density at radius 1 is 1.24 bits per heavy atom. The number of rotatable bonds is 3. The van der Waals surface area contributed by atoms with Gasteiger partial charge in [0.25, 0.3) is 5.95 Å². The van der Waals surface area contributed by atoms with E-state index >= 15 is 0 Å². The summed E-state index contributed by atoms with van der Waals surface area (Å²) in [5.74, 6) is 1.29. The van der Waals surface area contributed by atoms with Gasteiger partial charge in [-0.25, -0.2) is 14.6 Å². The van der Waals surface area contributed by atoms with E-state index in [0.29, 0.717) is 23.4 Å². The molecule has 0 aliphatic carbocycles. The van der Waals surface area contributed by atoms with E-state index < -0.39 is 0 Å². The Hall–Kier alpha value is -3.51. The molecule has 4 heterocycles. The van der Waals surface area contributed by atoms with Gasteiger partial charge < -0.3 is 16.0 Å². The van der Waals surface area contributed by atoms with E-state index in [2.05, 4.69) is 38.3 Å². The fourth-order valence-corrected chi connectivity index (χ4v) is 3.58. The third-order valence-electron chi connectivity index (χ3n) is 5.01. The number of nitrogen functional groups attached to an aromatic ring is 1. The van der Waals surface area contributed by atoms with Gasteiger partial charge in [0.1, 0.15) is 29.0 Å². The Balaban J connectivity index is 1.83. The summed E-state index contributed by atoms with van der Waals surface area (Å²) in [5.41, 5.74) is 9.05. The van der Waals surface area contributed by atoms with Gasteiger partial charge >= 0.3 is 0 Å². The SMILES string of the molecule is Cc1cc(C)n(-c2nc(N)c(C#N)c(-c3cccc(N4CCNC[C@@H]4C)n3)n2)n1. The molecule has 0 radical (unpaired) electrons. The molecule has 1 fully saturated rings. The first kappa shape index (κ1) is 18.8. The van der Waals surface area contributed by atoms with Gasteiger partial charge in [-0.3, -0.25) is 0 Å². The molecular weight excluding hydrogens is 366 g/mol. The number of nitrogens with zero attached hydrogens (tertiary/aromatic N) is 7. The van der Waals surface area contributed by atoms with Crippen LogP contribution in [0.3, 0.4) is 0 Å². The zero-order chi connectivity index (χ0) is 20.5. The van der Waals surface area contributed by atoms with Gasteiger partial charge in [-0.05, 0) is 39.0 Å². The van der Waals surface area contributed by atoms with E-state index in [1.165, 1.54) is 0 Å². The van der Waals surface area contributed by atoms with Crippen LogP contribution in [0.5, 0.6) is 0 Å². The minimum absolute atomic E-state index is 0.114. The van der Waals surface area contributed by atoms with Crippen LogP contribution < -0.4 is 16.0 Å². The van der Waals surface area contributed by atoms with Crippen LogP contribution in [0, 0.1) is 25.2 Å². The number of hydrogen-bond donors (Lipinski definition) is 2. The van der Waals surface area contributed by atoms with Crippen molar-refractivity contribution < 1.29 is 0 Å². The molecule has 1 aliphatic rings. The third-order valence-corrected chi connectivity index (χ3v) is 5.01. The van der Waals surface area contributed by atoms with Crippen LogP contribution in [0.1, 0.15) is 23.9 Å². The fraction of sp³-hybridized carbons (Fsp3) is 0.350. The number of pyridine rings is 1. The van der Waals surface area contributed by atoms with Gasteiger partial charge in [-0.1, -0.05) is 6.07 Å². The molecular formula is C20H23N9. The van der Waals surface area contributed by atoms with Gasteiger partial charge in [0.2, 0.25) is 0 Å². The summed E-state index contributed by atoms with van der Waals surface area (Å²) in [4.78, 5) is 16.0. The molecule has 0 amide bonds. The van der Waals surface area contributed by atoms with Crippen LogP contribution in [0.2, 0.25) is 0 Å². The monoisotopic (exact) mass is 389 g/mol. The lowest BCUT2D eigenvalue weighted by molar-refractivity contribution is 0.497. The van der Waals surface area contributed by atoms with E-state index in [1.807, 2.05) is 38.1 Å². The van der Waals surface area contributed by atoms with Crippen molar-refractivity contribution in [2.24, 2.45) is 0 Å². The number of nitrogens with one attached hydrogen (secondary N) is 1. The van der Waals surface area contributed by atoms with Crippen molar-refractivity contribution in [3.05, 3.63) is 41.2 Å². The van der Waals surface area contributed by atoms with Gasteiger partial charge in [0.05, 0.1) is 11.4 Å². The van der Waals surface area contributed by atoms with Crippen LogP contribution in [0.15, 0.2) is 24.3 Å². The summed E-state index contributed by atoms with van der Waals surface area (Å²) in [6, 6.07) is 10.1. The third kappa shape index (κ3) is 3.50. The molecule has 0 unspecified atom stereocenters. The lowest BCUT2D eigenvalue weighted by Gasteiger charge is -2.35. The number of nitrogens with two attached hydrogens (primary N) is 1. The predicted molar refractivity (Wildman–Crippen MR) is 111 cm³/mol. The van der Waals surface area contributed by atoms with E-state index in [9.17, 15) is 5.26 Å². The highest BCUT2D eigenvalue weighted by molar-refractivity contribution is 5.71. The largest absolute Gasteiger partial charge is 0.382 e. The Labute approximate surface area is 169 Å². The van der Waals surface area contributed by atoms with Gasteiger partial charge in [0, 0.05) is 31.4 Å². The number of piperazine rings is 1. The molecule has 1 saturated heterocycles. The Morgan fingerprint density at radius 2 is 2.07 bits per heavy atom. The lowest BCUT2D eigenvalue weighted by atomic mass is 10.1. The van der Waals surface area contributed by atoms with Gasteiger partial charge in [0.15, 0.2) is 0 Å². The fourth-order valence-electron chi connectivity index (χ4n) is 3.58. The molecule has 0 spiro atoms. The molecule has 29 heavy (non-hydrogen) atoms. The van der Waals surface area contributed by atoms with Crippen LogP contribution in [-0.2, 0) is 0 Å². The van der Waals surface area contributed by atoms with Gasteiger partial charge in [-0.2, -0.15) is 15.3 Å². The van der Waals surface area contributed by atoms with E-state index in [-0.39, 0.29) is 11.4 Å². The topological polar surface area (TPSA) is 122 Å². The first-order valence-electron chi connectivity index (χ1n) is 9.54. The smallest absolute Gasteiger partial charge is 0.253 e. The normalized spacial score (nSPS) is 16.6. The number of aryl methyl sites for hydroxylation is 2. The molecule has 0 saturated carbocycles. The Bertz CT molecular complexity index is 1100. The average Bonchev–Trinajstić information content (AvgIpc) is 3.06. The zero-order valence-corrected chi connectivity index (χ0v) is 16.7. The molecule has 0 bridgehead atoms.